The average Bonchev–Trinajstić information content (AvgIpc) is 3.51. The molecule has 0 saturated heterocycles. The summed E-state index contributed by atoms with van der Waals surface area (Å²) in [7, 11) is 2.56. The molecule has 0 aliphatic rings. The van der Waals surface area contributed by atoms with E-state index in [0.717, 1.165) is 41.2 Å². The summed E-state index contributed by atoms with van der Waals surface area (Å²) >= 11 is 0. The largest absolute Gasteiger partial charge is 0.478 e. The number of nitro groups is 1. The third-order valence-electron chi connectivity index (χ3n) is 5.86. The molecule has 0 unspecified atom stereocenters. The first kappa shape index (κ1) is 48.9. The van der Waals surface area contributed by atoms with Crippen molar-refractivity contribution in [3.63, 3.8) is 0 Å². The summed E-state index contributed by atoms with van der Waals surface area (Å²) in [5, 5.41) is 19.4. The van der Waals surface area contributed by atoms with Crippen molar-refractivity contribution in [3.8, 4) is 0 Å². The fourth-order valence-electron chi connectivity index (χ4n) is 4.02. The number of ketones is 2. The molecule has 0 spiro atoms. The second kappa shape index (κ2) is 30.6. The van der Waals surface area contributed by atoms with Gasteiger partial charge in [0.15, 0.2) is 7.05 Å². The van der Waals surface area contributed by atoms with Crippen LogP contribution in [0.2, 0.25) is 0 Å². The lowest BCUT2D eigenvalue weighted by atomic mass is 9.90. The highest BCUT2D eigenvalue weighted by molar-refractivity contribution is 5.86. The van der Waals surface area contributed by atoms with E-state index in [9.17, 15) is 19.2 Å². The van der Waals surface area contributed by atoms with Crippen LogP contribution in [0.4, 0.5) is 0 Å². The van der Waals surface area contributed by atoms with Crippen LogP contribution in [0, 0.1) is 17.0 Å². The number of nitrogens with one attached hydrogen (secondary N) is 1. The first-order chi connectivity index (χ1) is 25.2. The maximum absolute atomic E-state index is 12.0. The van der Waals surface area contributed by atoms with Gasteiger partial charge in [0.25, 0.3) is 0 Å². The number of allylic oxidation sites excluding steroid dienone is 1. The maximum Gasteiger partial charge on any atom is 0.327 e. The minimum Gasteiger partial charge on any atom is -0.478 e. The molecule has 0 radical (unpaired) electrons. The topological polar surface area (TPSA) is 161 Å². The number of benzene rings is 3. The van der Waals surface area contributed by atoms with Crippen molar-refractivity contribution in [1.29, 1.82) is 0 Å². The molecule has 53 heavy (non-hydrogen) atoms. The quantitative estimate of drug-likeness (QED) is 0.101. The van der Waals surface area contributed by atoms with Crippen LogP contribution in [0.3, 0.4) is 0 Å². The number of rotatable bonds is 6. The zero-order valence-electron chi connectivity index (χ0n) is 32.2. The van der Waals surface area contributed by atoms with E-state index in [0.29, 0.717) is 6.42 Å². The average molecular weight is 727 g/mol. The third kappa shape index (κ3) is 26.3. The zero-order valence-corrected chi connectivity index (χ0v) is 32.2. The number of hydrogen-bond acceptors (Lipinski definition) is 7. The minimum absolute atomic E-state index is 0.0161. The Morgan fingerprint density at radius 3 is 1.58 bits per heavy atom. The van der Waals surface area contributed by atoms with E-state index in [1.165, 1.54) is 19.9 Å². The van der Waals surface area contributed by atoms with Gasteiger partial charge in [-0.15, -0.1) is 0 Å². The lowest BCUT2D eigenvalue weighted by Crippen LogP contribution is -2.26. The Labute approximate surface area is 313 Å². The number of carbonyl (C=O) groups is 4. The molecule has 3 aromatic carbocycles. The van der Waals surface area contributed by atoms with Crippen LogP contribution in [0.25, 0.3) is 5.65 Å². The maximum atomic E-state index is 12.0. The Hall–Kier alpha value is -6.23. The number of carbonyl (C=O) groups excluding carboxylic acids is 3. The number of aromatic nitrogens is 2. The summed E-state index contributed by atoms with van der Waals surface area (Å²) in [5.41, 5.74) is 5.19. The van der Waals surface area contributed by atoms with E-state index in [-0.39, 0.29) is 23.4 Å². The molecule has 284 valence electrons. The van der Waals surface area contributed by atoms with E-state index < -0.39 is 10.9 Å². The van der Waals surface area contributed by atoms with Crippen molar-refractivity contribution in [2.45, 2.75) is 60.8 Å². The van der Waals surface area contributed by atoms with E-state index in [1.54, 1.807) is 20.9 Å². The van der Waals surface area contributed by atoms with Crippen LogP contribution in [0.15, 0.2) is 134 Å². The van der Waals surface area contributed by atoms with Gasteiger partial charge in [-0.2, -0.15) is 0 Å². The number of imidazole rings is 1. The lowest BCUT2D eigenvalue weighted by Gasteiger charge is -2.16. The first-order valence-electron chi connectivity index (χ1n) is 16.9. The van der Waals surface area contributed by atoms with Crippen LogP contribution in [-0.2, 0) is 25.6 Å². The number of likely N-dealkylation sites (N-methyl/N-ethyl adjacent to an activating group) is 1. The van der Waals surface area contributed by atoms with Crippen LogP contribution in [0.5, 0.6) is 0 Å². The number of amides is 1. The molecular formula is C42H54N4O7. The van der Waals surface area contributed by atoms with E-state index >= 15 is 0 Å². The van der Waals surface area contributed by atoms with Gasteiger partial charge in [-0.3, -0.25) is 19.7 Å². The molecule has 0 bridgehead atoms. The Morgan fingerprint density at radius 2 is 1.25 bits per heavy atom. The Morgan fingerprint density at radius 1 is 0.830 bits per heavy atom. The highest BCUT2D eigenvalue weighted by Crippen LogP contribution is 2.24. The highest BCUT2D eigenvalue weighted by atomic mass is 16.6. The number of pyridine rings is 1. The highest BCUT2D eigenvalue weighted by Gasteiger charge is 2.20. The van der Waals surface area contributed by atoms with Crippen molar-refractivity contribution >= 4 is 29.1 Å². The predicted molar refractivity (Wildman–Crippen MR) is 213 cm³/mol. The van der Waals surface area contributed by atoms with Gasteiger partial charge in [-0.25, -0.2) is 9.78 Å². The van der Waals surface area contributed by atoms with Gasteiger partial charge < -0.3 is 19.6 Å². The third-order valence-corrected chi connectivity index (χ3v) is 5.86. The minimum atomic E-state index is -0.891. The second-order valence-electron chi connectivity index (χ2n) is 10.8. The molecule has 0 saturated carbocycles. The fourth-order valence-corrected chi connectivity index (χ4v) is 4.02. The van der Waals surface area contributed by atoms with Crippen molar-refractivity contribution < 1.29 is 29.2 Å². The Balaban J connectivity index is 0. The monoisotopic (exact) mass is 726 g/mol. The summed E-state index contributed by atoms with van der Waals surface area (Å²) in [6.07, 6.45) is 7.12. The molecule has 0 aliphatic heterocycles. The van der Waals surface area contributed by atoms with Crippen molar-refractivity contribution in [2.24, 2.45) is 0 Å². The van der Waals surface area contributed by atoms with E-state index in [2.05, 4.69) is 10.3 Å². The molecule has 0 atom stereocenters. The first-order valence-corrected chi connectivity index (χ1v) is 16.9. The van der Waals surface area contributed by atoms with Gasteiger partial charge in [-0.1, -0.05) is 117 Å². The molecule has 2 aromatic heterocycles. The molecular weight excluding hydrogens is 672 g/mol. The van der Waals surface area contributed by atoms with Crippen molar-refractivity contribution in [1.82, 2.24) is 14.7 Å². The normalized spacial score (nSPS) is 9.17. The fraction of sp³-hybridized carbons (Fsp3) is 0.262. The summed E-state index contributed by atoms with van der Waals surface area (Å²) in [5.74, 6) is -0.728. The number of carboxylic acid groups (broad SMARTS) is 1. The SMILES string of the molecule is C/C=C/C(=O)O.CC.CC(=O)Cc1ccccc1.CC(C)=O.CNC(=O)C(c1ccccc1)c1ccccc1.C[N+](=O)[O-].Cc1cn2ccccc2n1. The number of nitrogens with zero attached hydrogens (tertiary/aromatic N) is 3. The molecule has 1 amide bonds. The zero-order chi connectivity index (χ0) is 40.6. The summed E-state index contributed by atoms with van der Waals surface area (Å²) < 4.78 is 2.01. The number of Topliss-reactive ketones (excluding diaryl/α,β-unsaturated/α-hetero) is 2. The van der Waals surface area contributed by atoms with Crippen LogP contribution in [0.1, 0.15) is 69.8 Å². The van der Waals surface area contributed by atoms with Gasteiger partial charge in [0.2, 0.25) is 5.91 Å². The smallest absolute Gasteiger partial charge is 0.327 e. The molecule has 2 heterocycles. The second-order valence-corrected chi connectivity index (χ2v) is 10.8. The standard InChI is InChI=1S/C15H15NO.C9H10O.C8H8N2.C4H6O2.C3H6O.C2H6.CH3NO2/c1-16-15(17)14(12-8-4-2-5-9-12)13-10-6-3-7-11-13;1-8(10)7-9-5-3-2-4-6-9;1-7-6-10-5-3-2-4-8(10)9-7;1-2-3-4(5)6;1-3(2)4;1-2;1-2(3)4/h2-11,14H,1H3,(H,16,17);2-6H,7H2,1H3;2-6H,1H3;2-3H,1H3,(H,5,6);1-2H3;1-2H3;1H3/b;;;3-2+;;;. The van der Waals surface area contributed by atoms with Gasteiger partial charge in [0.1, 0.15) is 17.2 Å². The summed E-state index contributed by atoms with van der Waals surface area (Å²) in [4.78, 5) is 54.2. The van der Waals surface area contributed by atoms with Crippen molar-refractivity contribution in [3.05, 3.63) is 166 Å². The molecule has 5 rings (SSSR count). The van der Waals surface area contributed by atoms with Crippen LogP contribution >= 0.6 is 0 Å². The number of hydrogen-bond donors (Lipinski definition) is 2. The van der Waals surface area contributed by atoms with E-state index in [1.807, 2.05) is 147 Å². The van der Waals surface area contributed by atoms with Gasteiger partial charge in [0, 0.05) is 36.9 Å². The van der Waals surface area contributed by atoms with Crippen LogP contribution in [-0.4, -0.2) is 57.0 Å². The van der Waals surface area contributed by atoms with Gasteiger partial charge in [0.05, 0.1) is 11.6 Å². The Bertz CT molecular complexity index is 1680. The summed E-state index contributed by atoms with van der Waals surface area (Å²) in [6, 6.07) is 35.4. The molecule has 0 fully saturated rings. The van der Waals surface area contributed by atoms with Crippen LogP contribution < -0.4 is 5.32 Å². The molecule has 11 heteroatoms. The number of aryl methyl sites for hydroxylation is 1. The summed E-state index contributed by atoms with van der Waals surface area (Å²) in [6.45, 7) is 12.3. The van der Waals surface area contributed by atoms with Crippen molar-refractivity contribution in [2.75, 3.05) is 14.1 Å². The predicted octanol–water partition coefficient (Wildman–Crippen LogP) is 8.19. The number of aliphatic carboxylic acids is 1. The molecule has 2 N–H and O–H groups in total. The van der Waals surface area contributed by atoms with Gasteiger partial charge >= 0.3 is 5.97 Å². The molecule has 11 nitrogen and oxygen atoms in total. The number of fused-ring (bicyclic) bond motifs is 1. The van der Waals surface area contributed by atoms with E-state index in [4.69, 9.17) is 15.2 Å². The Kier molecular flexibility index (Phi) is 28.2. The van der Waals surface area contributed by atoms with Gasteiger partial charge in [-0.05, 0) is 63.4 Å². The molecule has 0 aliphatic carbocycles. The number of carboxylic acids is 1. The lowest BCUT2D eigenvalue weighted by molar-refractivity contribution is -0.445. The molecule has 5 aromatic rings.